The number of nitrogens with zero attached hydrogens (tertiary/aromatic N) is 1. The molecular formula is C25H34N2O2S. The number of anilines is 1. The molecule has 162 valence electrons. The summed E-state index contributed by atoms with van der Waals surface area (Å²) in [5.41, 5.74) is 8.08. The van der Waals surface area contributed by atoms with Gasteiger partial charge in [0.15, 0.2) is 0 Å². The Morgan fingerprint density at radius 2 is 1.97 bits per heavy atom. The van der Waals surface area contributed by atoms with E-state index in [2.05, 4.69) is 54.3 Å². The molecule has 4 nitrogen and oxygen atoms in total. The number of hydrogen-bond acceptors (Lipinski definition) is 4. The van der Waals surface area contributed by atoms with Crippen molar-refractivity contribution >= 4 is 23.4 Å². The molecule has 0 saturated carbocycles. The van der Waals surface area contributed by atoms with Gasteiger partial charge in [0, 0.05) is 29.2 Å². The maximum absolute atomic E-state index is 11.6. The number of carbonyl (C=O) groups excluding carboxylic acids is 1. The lowest BCUT2D eigenvalue weighted by molar-refractivity contribution is -0.118. The van der Waals surface area contributed by atoms with Gasteiger partial charge in [-0.3, -0.25) is 4.79 Å². The molecule has 2 unspecified atom stereocenters. The number of primary amides is 1. The summed E-state index contributed by atoms with van der Waals surface area (Å²) in [6, 6.07) is 17.6. The lowest BCUT2D eigenvalue weighted by Gasteiger charge is -2.44. The van der Waals surface area contributed by atoms with Crippen LogP contribution in [-0.2, 0) is 4.79 Å². The summed E-state index contributed by atoms with van der Waals surface area (Å²) in [6.07, 6.45) is 7.14. The van der Waals surface area contributed by atoms with E-state index < -0.39 is 0 Å². The number of benzene rings is 2. The van der Waals surface area contributed by atoms with Crippen molar-refractivity contribution in [2.45, 2.75) is 68.8 Å². The molecule has 1 aliphatic heterocycles. The zero-order valence-electron chi connectivity index (χ0n) is 18.2. The second-order valence-corrected chi connectivity index (χ2v) is 9.05. The standard InChI is InChI=1S/C25H34N2O2S/c1-3-4-5-9-12-20(13-16-25(26)28)27-22-17-21(29-2)14-15-24(22)30-18-23(27)19-10-7-6-8-11-19/h6-8,10-11,14-15,17,20,23H,3-5,9,12-13,16,18H2,1-2H3,(H2,26,28). The zero-order chi connectivity index (χ0) is 21.3. The van der Waals surface area contributed by atoms with Crippen molar-refractivity contribution < 1.29 is 9.53 Å². The van der Waals surface area contributed by atoms with E-state index in [1.54, 1.807) is 7.11 Å². The molecule has 3 rings (SSSR count). The molecule has 0 aromatic heterocycles. The molecule has 2 aromatic rings. The van der Waals surface area contributed by atoms with E-state index in [0.29, 0.717) is 6.42 Å². The van der Waals surface area contributed by atoms with Crippen LogP contribution < -0.4 is 15.4 Å². The average Bonchev–Trinajstić information content (AvgIpc) is 2.78. The fourth-order valence-corrected chi connectivity index (χ4v) is 5.45. The van der Waals surface area contributed by atoms with Crippen LogP contribution in [0.4, 0.5) is 5.69 Å². The maximum atomic E-state index is 11.6. The highest BCUT2D eigenvalue weighted by Crippen LogP contribution is 2.46. The molecule has 2 aromatic carbocycles. The van der Waals surface area contributed by atoms with E-state index in [4.69, 9.17) is 10.5 Å². The quantitative estimate of drug-likeness (QED) is 0.451. The van der Waals surface area contributed by atoms with Gasteiger partial charge in [-0.05, 0) is 30.5 Å². The smallest absolute Gasteiger partial charge is 0.217 e. The van der Waals surface area contributed by atoms with Gasteiger partial charge in [-0.1, -0.05) is 62.9 Å². The van der Waals surface area contributed by atoms with Crippen molar-refractivity contribution in [2.75, 3.05) is 17.8 Å². The van der Waals surface area contributed by atoms with Crippen molar-refractivity contribution in [2.24, 2.45) is 5.73 Å². The van der Waals surface area contributed by atoms with Gasteiger partial charge in [0.25, 0.3) is 0 Å². The van der Waals surface area contributed by atoms with Gasteiger partial charge >= 0.3 is 0 Å². The second-order valence-electron chi connectivity index (χ2n) is 7.99. The molecule has 1 heterocycles. The zero-order valence-corrected chi connectivity index (χ0v) is 19.0. The van der Waals surface area contributed by atoms with Crippen molar-refractivity contribution in [3.8, 4) is 5.75 Å². The summed E-state index contributed by atoms with van der Waals surface area (Å²) in [4.78, 5) is 15.5. The molecule has 30 heavy (non-hydrogen) atoms. The van der Waals surface area contributed by atoms with Crippen LogP contribution in [0, 0.1) is 0 Å². The van der Waals surface area contributed by atoms with E-state index in [-0.39, 0.29) is 18.0 Å². The first-order valence-electron chi connectivity index (χ1n) is 11.1. The maximum Gasteiger partial charge on any atom is 0.217 e. The summed E-state index contributed by atoms with van der Waals surface area (Å²) < 4.78 is 5.55. The number of thioether (sulfide) groups is 1. The van der Waals surface area contributed by atoms with Gasteiger partial charge in [-0.25, -0.2) is 0 Å². The Labute approximate surface area is 185 Å². The van der Waals surface area contributed by atoms with E-state index in [0.717, 1.165) is 24.3 Å². The first-order chi connectivity index (χ1) is 14.6. The third-order valence-corrected chi connectivity index (χ3v) is 7.01. The molecule has 2 N–H and O–H groups in total. The molecule has 1 aliphatic rings. The van der Waals surface area contributed by atoms with Crippen LogP contribution in [0.25, 0.3) is 0 Å². The number of fused-ring (bicyclic) bond motifs is 1. The van der Waals surface area contributed by atoms with Gasteiger partial charge in [0.1, 0.15) is 5.75 Å². The fourth-order valence-electron chi connectivity index (χ4n) is 4.29. The Morgan fingerprint density at radius 3 is 2.67 bits per heavy atom. The van der Waals surface area contributed by atoms with E-state index in [9.17, 15) is 4.79 Å². The minimum Gasteiger partial charge on any atom is -0.497 e. The third kappa shape index (κ3) is 5.72. The molecule has 0 fully saturated rings. The Hall–Kier alpha value is -2.14. The average molecular weight is 427 g/mol. The van der Waals surface area contributed by atoms with Crippen molar-refractivity contribution in [1.29, 1.82) is 0 Å². The number of unbranched alkanes of at least 4 members (excludes halogenated alkanes) is 3. The minimum atomic E-state index is -0.220. The number of methoxy groups -OCH3 is 1. The molecule has 0 radical (unpaired) electrons. The first kappa shape index (κ1) is 22.5. The number of amides is 1. The predicted molar refractivity (Wildman–Crippen MR) is 126 cm³/mol. The predicted octanol–water partition coefficient (Wildman–Crippen LogP) is 5.95. The third-order valence-electron chi connectivity index (χ3n) is 5.87. The van der Waals surface area contributed by atoms with Crippen LogP contribution >= 0.6 is 11.8 Å². The van der Waals surface area contributed by atoms with Crippen molar-refractivity contribution in [1.82, 2.24) is 0 Å². The van der Waals surface area contributed by atoms with Crippen LogP contribution in [0.15, 0.2) is 53.4 Å². The normalized spacial score (nSPS) is 16.7. The summed E-state index contributed by atoms with van der Waals surface area (Å²) >= 11 is 1.90. The van der Waals surface area contributed by atoms with Gasteiger partial charge in [0.2, 0.25) is 5.91 Å². The van der Waals surface area contributed by atoms with Crippen LogP contribution in [0.3, 0.4) is 0 Å². The Morgan fingerprint density at radius 1 is 1.17 bits per heavy atom. The molecule has 1 amide bonds. The van der Waals surface area contributed by atoms with Gasteiger partial charge in [0.05, 0.1) is 18.8 Å². The number of hydrogen-bond donors (Lipinski definition) is 1. The van der Waals surface area contributed by atoms with Crippen LogP contribution in [0.2, 0.25) is 0 Å². The van der Waals surface area contributed by atoms with Gasteiger partial charge < -0.3 is 15.4 Å². The number of nitrogens with two attached hydrogens (primary N) is 1. The molecular weight excluding hydrogens is 392 g/mol. The summed E-state index contributed by atoms with van der Waals surface area (Å²) in [5.74, 6) is 1.64. The summed E-state index contributed by atoms with van der Waals surface area (Å²) in [6.45, 7) is 2.24. The van der Waals surface area contributed by atoms with E-state index in [1.165, 1.54) is 41.8 Å². The molecule has 0 spiro atoms. The highest BCUT2D eigenvalue weighted by atomic mass is 32.2. The highest BCUT2D eigenvalue weighted by molar-refractivity contribution is 7.99. The second kappa shape index (κ2) is 11.3. The Balaban J connectivity index is 1.98. The fraction of sp³-hybridized carbons (Fsp3) is 0.480. The largest absolute Gasteiger partial charge is 0.497 e. The number of carbonyl (C=O) groups is 1. The van der Waals surface area contributed by atoms with E-state index in [1.807, 2.05) is 17.8 Å². The van der Waals surface area contributed by atoms with Crippen LogP contribution in [0.1, 0.15) is 63.5 Å². The molecule has 0 aliphatic carbocycles. The van der Waals surface area contributed by atoms with Gasteiger partial charge in [-0.15, -0.1) is 11.8 Å². The molecule has 5 heteroatoms. The Bertz CT molecular complexity index is 812. The van der Waals surface area contributed by atoms with Crippen LogP contribution in [0.5, 0.6) is 5.75 Å². The SMILES string of the molecule is CCCCCCC(CCC(N)=O)N1c2cc(OC)ccc2SCC1c1ccccc1. The van der Waals surface area contributed by atoms with E-state index >= 15 is 0 Å². The number of ether oxygens (including phenoxy) is 1. The topological polar surface area (TPSA) is 55.6 Å². The number of rotatable bonds is 11. The summed E-state index contributed by atoms with van der Waals surface area (Å²) in [7, 11) is 1.71. The van der Waals surface area contributed by atoms with Crippen molar-refractivity contribution in [3.63, 3.8) is 0 Å². The lowest BCUT2D eigenvalue weighted by atomic mass is 9.96. The Kier molecular flexibility index (Phi) is 8.50. The van der Waals surface area contributed by atoms with Crippen LogP contribution in [-0.4, -0.2) is 24.8 Å². The first-order valence-corrected chi connectivity index (χ1v) is 12.0. The summed E-state index contributed by atoms with van der Waals surface area (Å²) in [5, 5.41) is 0. The molecule has 0 saturated heterocycles. The lowest BCUT2D eigenvalue weighted by Crippen LogP contribution is -2.42. The van der Waals surface area contributed by atoms with Crippen molar-refractivity contribution in [3.05, 3.63) is 54.1 Å². The highest BCUT2D eigenvalue weighted by Gasteiger charge is 2.33. The molecule has 0 bridgehead atoms. The molecule has 2 atom stereocenters. The minimum absolute atomic E-state index is 0.220. The van der Waals surface area contributed by atoms with Gasteiger partial charge in [-0.2, -0.15) is 0 Å². The monoisotopic (exact) mass is 426 g/mol.